The molecular weight excluding hydrogens is 296 g/mol. The third-order valence-corrected chi connectivity index (χ3v) is 7.90. The Kier molecular flexibility index (Phi) is 3.02. The number of nitrogens with zero attached hydrogens (tertiary/aromatic N) is 2. The lowest BCUT2D eigenvalue weighted by atomic mass is 9.52. The summed E-state index contributed by atoms with van der Waals surface area (Å²) in [6.45, 7) is 6.62. The van der Waals surface area contributed by atoms with Gasteiger partial charge in [-0.1, -0.05) is 25.1 Å². The number of carbonyl (C=O) groups is 1. The Hall–Kier alpha value is -1.35. The van der Waals surface area contributed by atoms with E-state index in [-0.39, 0.29) is 11.3 Å². The van der Waals surface area contributed by atoms with Crippen LogP contribution in [0.2, 0.25) is 0 Å². The molecule has 3 heteroatoms. The number of hydrogen-bond donors (Lipinski definition) is 0. The van der Waals surface area contributed by atoms with Crippen LogP contribution in [0.4, 0.5) is 5.69 Å². The van der Waals surface area contributed by atoms with Crippen LogP contribution in [0, 0.1) is 5.41 Å². The monoisotopic (exact) mass is 324 g/mol. The van der Waals surface area contributed by atoms with Gasteiger partial charge in [0.25, 0.3) is 0 Å². The van der Waals surface area contributed by atoms with E-state index in [2.05, 4.69) is 41.0 Å². The Morgan fingerprint density at radius 3 is 2.83 bits per heavy atom. The van der Waals surface area contributed by atoms with Gasteiger partial charge in [0.2, 0.25) is 5.91 Å². The van der Waals surface area contributed by atoms with Gasteiger partial charge in [0.05, 0.1) is 0 Å². The molecule has 0 bridgehead atoms. The van der Waals surface area contributed by atoms with Crippen LogP contribution in [0.3, 0.4) is 0 Å². The number of carbonyl (C=O) groups excluding carboxylic acids is 1. The molecule has 4 aliphatic rings. The zero-order chi connectivity index (χ0) is 16.5. The molecule has 24 heavy (non-hydrogen) atoms. The number of benzene rings is 1. The molecule has 3 heterocycles. The highest BCUT2D eigenvalue weighted by Crippen LogP contribution is 2.65. The second-order valence-corrected chi connectivity index (χ2v) is 8.51. The van der Waals surface area contributed by atoms with Crippen LogP contribution in [-0.4, -0.2) is 36.0 Å². The van der Waals surface area contributed by atoms with E-state index in [1.807, 2.05) is 0 Å². The van der Waals surface area contributed by atoms with Crippen molar-refractivity contribution in [1.82, 2.24) is 4.90 Å². The molecule has 3 aliphatic heterocycles. The molecule has 1 aliphatic carbocycles. The molecule has 0 N–H and O–H groups in total. The molecule has 1 aromatic rings. The van der Waals surface area contributed by atoms with Crippen LogP contribution in [-0.2, 0) is 10.2 Å². The van der Waals surface area contributed by atoms with E-state index >= 15 is 0 Å². The van der Waals surface area contributed by atoms with Crippen molar-refractivity contribution in [2.45, 2.75) is 69.9 Å². The van der Waals surface area contributed by atoms with Gasteiger partial charge in [0.1, 0.15) is 0 Å². The van der Waals surface area contributed by atoms with E-state index in [1.165, 1.54) is 62.9 Å². The number of hydrogen-bond acceptors (Lipinski definition) is 2. The molecule has 1 spiro atoms. The maximum atomic E-state index is 12.6. The van der Waals surface area contributed by atoms with Crippen LogP contribution in [0.25, 0.3) is 0 Å². The fraction of sp³-hybridized carbons (Fsp3) is 0.667. The lowest BCUT2D eigenvalue weighted by Crippen LogP contribution is -2.65. The van der Waals surface area contributed by atoms with Gasteiger partial charge in [-0.05, 0) is 68.7 Å². The van der Waals surface area contributed by atoms with Crippen LogP contribution >= 0.6 is 0 Å². The van der Waals surface area contributed by atoms with Crippen LogP contribution < -0.4 is 4.90 Å². The number of amides is 1. The van der Waals surface area contributed by atoms with Gasteiger partial charge in [-0.2, -0.15) is 0 Å². The minimum absolute atomic E-state index is 0.178. The van der Waals surface area contributed by atoms with E-state index in [4.69, 9.17) is 0 Å². The van der Waals surface area contributed by atoms with E-state index in [0.717, 1.165) is 0 Å². The maximum Gasteiger partial charge on any atom is 0.224 e. The van der Waals surface area contributed by atoms with Crippen molar-refractivity contribution < 1.29 is 4.79 Å². The summed E-state index contributed by atoms with van der Waals surface area (Å²) in [7, 11) is 0. The first-order chi connectivity index (χ1) is 11.6. The molecule has 4 atom stereocenters. The predicted octanol–water partition coefficient (Wildman–Crippen LogP) is 3.72. The summed E-state index contributed by atoms with van der Waals surface area (Å²) in [4.78, 5) is 17.5. The normalized spacial score (nSPS) is 40.2. The molecule has 3 fully saturated rings. The second kappa shape index (κ2) is 4.85. The SMILES string of the molecule is CC[C@]12CCCN3CC[C@]4(c5ccccc5N(C(C)=O)C4CC1)[C@@H]32. The Bertz CT molecular complexity index is 701. The summed E-state index contributed by atoms with van der Waals surface area (Å²) in [6.07, 6.45) is 7.70. The first kappa shape index (κ1) is 14.9. The fourth-order valence-electron chi connectivity index (χ4n) is 7.16. The standard InChI is InChI=1S/C21H28N2O/c1-3-20-10-6-13-22-14-12-21(19(20)22)16-7-4-5-8-17(16)23(15(2)24)18(21)9-11-20/h4-5,7-8,18-19H,3,6,9-14H2,1-2H3/t18?,19-,20-,21+/m0/s1. The molecular formula is C21H28N2O. The zero-order valence-electron chi connectivity index (χ0n) is 14.9. The molecule has 3 nitrogen and oxygen atoms in total. The molecule has 0 aromatic heterocycles. The van der Waals surface area contributed by atoms with Gasteiger partial charge < -0.3 is 4.90 Å². The first-order valence-corrected chi connectivity index (χ1v) is 9.77. The average Bonchev–Trinajstić information content (AvgIpc) is 3.13. The number of anilines is 1. The van der Waals surface area contributed by atoms with Crippen molar-refractivity contribution in [1.29, 1.82) is 0 Å². The molecule has 1 aromatic carbocycles. The minimum Gasteiger partial charge on any atom is -0.308 e. The van der Waals surface area contributed by atoms with Gasteiger partial charge in [-0.3, -0.25) is 9.69 Å². The quantitative estimate of drug-likeness (QED) is 0.786. The number of piperidine rings is 1. The largest absolute Gasteiger partial charge is 0.308 e. The third-order valence-electron chi connectivity index (χ3n) is 7.90. The highest BCUT2D eigenvalue weighted by Gasteiger charge is 2.68. The third kappa shape index (κ3) is 1.55. The lowest BCUT2D eigenvalue weighted by molar-refractivity contribution is -0.118. The Morgan fingerprint density at radius 2 is 2.04 bits per heavy atom. The minimum atomic E-state index is 0.178. The first-order valence-electron chi connectivity index (χ1n) is 9.77. The van der Waals surface area contributed by atoms with Crippen molar-refractivity contribution >= 4 is 11.6 Å². The topological polar surface area (TPSA) is 23.6 Å². The van der Waals surface area contributed by atoms with Crippen molar-refractivity contribution in [2.75, 3.05) is 18.0 Å². The molecule has 5 rings (SSSR count). The molecule has 2 saturated heterocycles. The fourth-order valence-corrected chi connectivity index (χ4v) is 7.16. The molecule has 1 saturated carbocycles. The molecule has 128 valence electrons. The van der Waals surface area contributed by atoms with E-state index in [9.17, 15) is 4.79 Å². The van der Waals surface area contributed by atoms with Gasteiger partial charge in [0, 0.05) is 30.1 Å². The lowest BCUT2D eigenvalue weighted by Gasteiger charge is -2.58. The summed E-state index contributed by atoms with van der Waals surface area (Å²) in [5.74, 6) is 0.225. The average molecular weight is 324 g/mol. The number of rotatable bonds is 1. The van der Waals surface area contributed by atoms with E-state index in [0.29, 0.717) is 17.5 Å². The van der Waals surface area contributed by atoms with Gasteiger partial charge >= 0.3 is 0 Å². The Morgan fingerprint density at radius 1 is 1.21 bits per heavy atom. The van der Waals surface area contributed by atoms with E-state index in [1.54, 1.807) is 6.92 Å². The van der Waals surface area contributed by atoms with Crippen LogP contribution in [0.5, 0.6) is 0 Å². The second-order valence-electron chi connectivity index (χ2n) is 8.51. The van der Waals surface area contributed by atoms with Gasteiger partial charge in [-0.15, -0.1) is 0 Å². The summed E-state index contributed by atoms with van der Waals surface area (Å²) in [5.41, 5.74) is 3.31. The molecule has 1 unspecified atom stereocenters. The summed E-state index contributed by atoms with van der Waals surface area (Å²) in [5, 5.41) is 0. The smallest absolute Gasteiger partial charge is 0.224 e. The maximum absolute atomic E-state index is 12.6. The highest BCUT2D eigenvalue weighted by molar-refractivity contribution is 5.96. The summed E-state index contributed by atoms with van der Waals surface area (Å²) in [6, 6.07) is 9.80. The Balaban J connectivity index is 1.75. The van der Waals surface area contributed by atoms with E-state index < -0.39 is 0 Å². The van der Waals surface area contributed by atoms with Crippen molar-refractivity contribution in [3.8, 4) is 0 Å². The van der Waals surface area contributed by atoms with Crippen molar-refractivity contribution in [2.24, 2.45) is 5.41 Å². The number of para-hydroxylation sites is 1. The Labute approximate surface area is 145 Å². The van der Waals surface area contributed by atoms with Gasteiger partial charge in [-0.25, -0.2) is 0 Å². The van der Waals surface area contributed by atoms with Crippen molar-refractivity contribution in [3.63, 3.8) is 0 Å². The van der Waals surface area contributed by atoms with Crippen LogP contribution in [0.1, 0.15) is 57.9 Å². The van der Waals surface area contributed by atoms with Crippen molar-refractivity contribution in [3.05, 3.63) is 29.8 Å². The summed E-state index contributed by atoms with van der Waals surface area (Å²) >= 11 is 0. The highest BCUT2D eigenvalue weighted by atomic mass is 16.2. The number of fused-ring (bicyclic) bond motifs is 1. The van der Waals surface area contributed by atoms with Gasteiger partial charge in [0.15, 0.2) is 0 Å². The predicted molar refractivity (Wildman–Crippen MR) is 96.2 cm³/mol. The zero-order valence-corrected chi connectivity index (χ0v) is 14.9. The molecule has 1 amide bonds. The van der Waals surface area contributed by atoms with Crippen LogP contribution in [0.15, 0.2) is 24.3 Å². The summed E-state index contributed by atoms with van der Waals surface area (Å²) < 4.78 is 0. The molecule has 0 radical (unpaired) electrons.